The first-order valence-corrected chi connectivity index (χ1v) is 7.67. The quantitative estimate of drug-likeness (QED) is 0.806. The normalized spacial score (nSPS) is 19.1. The Balaban J connectivity index is 1.74. The molecule has 108 valence electrons. The van der Waals surface area contributed by atoms with E-state index in [1.807, 2.05) is 12.1 Å². The first kappa shape index (κ1) is 13.6. The van der Waals surface area contributed by atoms with Crippen molar-refractivity contribution in [1.82, 2.24) is 0 Å². The Morgan fingerprint density at radius 2 is 1.95 bits per heavy atom. The third-order valence-electron chi connectivity index (χ3n) is 4.44. The highest BCUT2D eigenvalue weighted by Crippen LogP contribution is 2.32. The monoisotopic (exact) mass is 275 g/mol. The fraction of sp³-hybridized carbons (Fsp3) is 0.529. The summed E-state index contributed by atoms with van der Waals surface area (Å²) in [5.74, 6) is 1.09. The number of hydrogen-bond acceptors (Lipinski definition) is 2. The van der Waals surface area contributed by atoms with E-state index in [0.717, 1.165) is 11.8 Å². The first-order valence-electron chi connectivity index (χ1n) is 7.67. The summed E-state index contributed by atoms with van der Waals surface area (Å²) in [4.78, 5) is 0. The molecule has 1 unspecified atom stereocenters. The van der Waals surface area contributed by atoms with Crippen LogP contribution in [0.4, 0.5) is 4.39 Å². The number of fused-ring (bicyclic) bond motifs is 1. The molecule has 20 heavy (non-hydrogen) atoms. The Morgan fingerprint density at radius 1 is 1.20 bits per heavy atom. The fourth-order valence-corrected chi connectivity index (χ4v) is 3.31. The van der Waals surface area contributed by atoms with Crippen molar-refractivity contribution in [2.75, 3.05) is 0 Å². The molecule has 1 aromatic heterocycles. The summed E-state index contributed by atoms with van der Waals surface area (Å²) in [5, 5.41) is 0.802. The van der Waals surface area contributed by atoms with Crippen LogP contribution in [-0.2, 0) is 0 Å². The van der Waals surface area contributed by atoms with Crippen LogP contribution >= 0.6 is 0 Å². The van der Waals surface area contributed by atoms with Gasteiger partial charge in [-0.25, -0.2) is 4.39 Å². The molecule has 1 fully saturated rings. The van der Waals surface area contributed by atoms with Crippen molar-refractivity contribution >= 4 is 11.0 Å². The maximum atomic E-state index is 13.6. The maximum absolute atomic E-state index is 13.6. The van der Waals surface area contributed by atoms with E-state index in [1.54, 1.807) is 6.07 Å². The zero-order valence-electron chi connectivity index (χ0n) is 11.8. The van der Waals surface area contributed by atoms with E-state index >= 15 is 0 Å². The van der Waals surface area contributed by atoms with Crippen LogP contribution < -0.4 is 5.73 Å². The Bertz CT molecular complexity index is 569. The van der Waals surface area contributed by atoms with Gasteiger partial charge in [-0.3, -0.25) is 0 Å². The zero-order chi connectivity index (χ0) is 13.9. The molecular weight excluding hydrogens is 253 g/mol. The molecule has 1 heterocycles. The molecule has 0 saturated heterocycles. The van der Waals surface area contributed by atoms with Crippen molar-refractivity contribution in [3.05, 3.63) is 35.8 Å². The lowest BCUT2D eigenvalue weighted by Gasteiger charge is -2.17. The van der Waals surface area contributed by atoms with Crippen molar-refractivity contribution in [3.63, 3.8) is 0 Å². The van der Waals surface area contributed by atoms with Crippen LogP contribution in [0, 0.1) is 11.7 Å². The molecule has 1 saturated carbocycles. The van der Waals surface area contributed by atoms with Crippen LogP contribution in [0.1, 0.15) is 56.7 Å². The second kappa shape index (κ2) is 5.96. The number of para-hydroxylation sites is 1. The smallest absolute Gasteiger partial charge is 0.169 e. The SMILES string of the molecule is NC(CC1CCCCCC1)c1cc2cccc(F)c2o1. The van der Waals surface area contributed by atoms with E-state index in [0.29, 0.717) is 17.3 Å². The third kappa shape index (κ3) is 2.88. The molecule has 0 spiro atoms. The number of hydrogen-bond donors (Lipinski definition) is 1. The minimum atomic E-state index is -0.310. The Kier molecular flexibility index (Phi) is 4.06. The lowest BCUT2D eigenvalue weighted by molar-refractivity contribution is 0.362. The highest BCUT2D eigenvalue weighted by molar-refractivity contribution is 5.78. The number of rotatable bonds is 3. The molecule has 0 radical (unpaired) electrons. The topological polar surface area (TPSA) is 39.2 Å². The molecule has 3 rings (SSSR count). The molecule has 3 heteroatoms. The minimum Gasteiger partial charge on any atom is -0.456 e. The van der Waals surface area contributed by atoms with Gasteiger partial charge >= 0.3 is 0 Å². The number of nitrogens with two attached hydrogens (primary N) is 1. The second-order valence-corrected chi connectivity index (χ2v) is 6.01. The van der Waals surface area contributed by atoms with Gasteiger partial charge in [-0.1, -0.05) is 50.7 Å². The Hall–Kier alpha value is -1.35. The van der Waals surface area contributed by atoms with Gasteiger partial charge in [0.15, 0.2) is 11.4 Å². The van der Waals surface area contributed by atoms with Gasteiger partial charge in [0, 0.05) is 5.39 Å². The summed E-state index contributed by atoms with van der Waals surface area (Å²) < 4.78 is 19.3. The summed E-state index contributed by atoms with van der Waals surface area (Å²) in [5.41, 5.74) is 6.61. The van der Waals surface area contributed by atoms with E-state index in [2.05, 4.69) is 0 Å². The van der Waals surface area contributed by atoms with Crippen LogP contribution in [0.3, 0.4) is 0 Å². The highest BCUT2D eigenvalue weighted by atomic mass is 19.1. The number of benzene rings is 1. The molecule has 1 aromatic carbocycles. The van der Waals surface area contributed by atoms with Gasteiger partial charge in [0.25, 0.3) is 0 Å². The average molecular weight is 275 g/mol. The molecule has 1 aliphatic rings. The van der Waals surface area contributed by atoms with Crippen molar-refractivity contribution in [2.24, 2.45) is 11.7 Å². The molecule has 0 bridgehead atoms. The maximum Gasteiger partial charge on any atom is 0.169 e. The average Bonchev–Trinajstić information content (AvgIpc) is 2.72. The predicted octanol–water partition coefficient (Wildman–Crippen LogP) is 4.93. The number of furan rings is 1. The van der Waals surface area contributed by atoms with Gasteiger partial charge in [-0.15, -0.1) is 0 Å². The van der Waals surface area contributed by atoms with Crippen LogP contribution in [0.25, 0.3) is 11.0 Å². The second-order valence-electron chi connectivity index (χ2n) is 6.01. The summed E-state index contributed by atoms with van der Waals surface area (Å²) in [6.45, 7) is 0. The van der Waals surface area contributed by atoms with Crippen molar-refractivity contribution < 1.29 is 8.81 Å². The molecule has 2 aromatic rings. The zero-order valence-corrected chi connectivity index (χ0v) is 11.8. The lowest BCUT2D eigenvalue weighted by Crippen LogP contribution is -2.14. The summed E-state index contributed by atoms with van der Waals surface area (Å²) in [7, 11) is 0. The van der Waals surface area contributed by atoms with Gasteiger partial charge in [0.1, 0.15) is 5.76 Å². The first-order chi connectivity index (χ1) is 9.74. The van der Waals surface area contributed by atoms with Gasteiger partial charge in [-0.2, -0.15) is 0 Å². The molecule has 2 N–H and O–H groups in total. The van der Waals surface area contributed by atoms with Crippen molar-refractivity contribution in [1.29, 1.82) is 0 Å². The Morgan fingerprint density at radius 3 is 2.65 bits per heavy atom. The van der Waals surface area contributed by atoms with Gasteiger partial charge in [-0.05, 0) is 24.5 Å². The van der Waals surface area contributed by atoms with E-state index < -0.39 is 0 Å². The third-order valence-corrected chi connectivity index (χ3v) is 4.44. The van der Waals surface area contributed by atoms with E-state index in [4.69, 9.17) is 10.2 Å². The fourth-order valence-electron chi connectivity index (χ4n) is 3.31. The largest absolute Gasteiger partial charge is 0.456 e. The minimum absolute atomic E-state index is 0.120. The molecular formula is C17H22FNO. The summed E-state index contributed by atoms with van der Waals surface area (Å²) >= 11 is 0. The van der Waals surface area contributed by atoms with Gasteiger partial charge < -0.3 is 10.2 Å². The molecule has 2 nitrogen and oxygen atoms in total. The van der Waals surface area contributed by atoms with E-state index in [-0.39, 0.29) is 11.9 Å². The summed E-state index contributed by atoms with van der Waals surface area (Å²) in [6.07, 6.45) is 8.80. The van der Waals surface area contributed by atoms with Crippen molar-refractivity contribution in [2.45, 2.75) is 51.0 Å². The van der Waals surface area contributed by atoms with Crippen LogP contribution in [-0.4, -0.2) is 0 Å². The van der Waals surface area contributed by atoms with Gasteiger partial charge in [0.05, 0.1) is 6.04 Å². The van der Waals surface area contributed by atoms with Crippen LogP contribution in [0.15, 0.2) is 28.7 Å². The lowest BCUT2D eigenvalue weighted by atomic mass is 9.92. The van der Waals surface area contributed by atoms with E-state index in [9.17, 15) is 4.39 Å². The van der Waals surface area contributed by atoms with Crippen molar-refractivity contribution in [3.8, 4) is 0 Å². The van der Waals surface area contributed by atoms with Gasteiger partial charge in [0.2, 0.25) is 0 Å². The van der Waals surface area contributed by atoms with Crippen LogP contribution in [0.5, 0.6) is 0 Å². The highest BCUT2D eigenvalue weighted by Gasteiger charge is 2.20. The van der Waals surface area contributed by atoms with E-state index in [1.165, 1.54) is 44.6 Å². The molecule has 1 atom stereocenters. The summed E-state index contributed by atoms with van der Waals surface area (Å²) in [6, 6.07) is 6.76. The molecule has 1 aliphatic carbocycles. The molecule has 0 amide bonds. The standard InChI is InChI=1S/C17H22FNO/c18-14-9-5-8-13-11-16(20-17(13)14)15(19)10-12-6-3-1-2-4-7-12/h5,8-9,11-12,15H,1-4,6-7,10,19H2. The molecule has 0 aliphatic heterocycles. The predicted molar refractivity (Wildman–Crippen MR) is 78.9 cm³/mol. The van der Waals surface area contributed by atoms with Crippen LogP contribution in [0.2, 0.25) is 0 Å². The Labute approximate surface area is 119 Å². The number of halogens is 1.